The van der Waals surface area contributed by atoms with Gasteiger partial charge < -0.3 is 9.05 Å². The number of hydrogen-bond acceptors (Lipinski definition) is 4. The monoisotopic (exact) mass is 255 g/mol. The summed E-state index contributed by atoms with van der Waals surface area (Å²) in [5.41, 5.74) is 1.12. The molecule has 0 aliphatic carbocycles. The summed E-state index contributed by atoms with van der Waals surface area (Å²) in [6, 6.07) is 10.0. The van der Waals surface area contributed by atoms with E-state index in [1.54, 1.807) is 0 Å². The van der Waals surface area contributed by atoms with Gasteiger partial charge in [-0.25, -0.2) is 0 Å². The molecule has 2 atom stereocenters. The van der Waals surface area contributed by atoms with Crippen molar-refractivity contribution in [2.45, 2.75) is 25.7 Å². The molecule has 0 aromatic heterocycles. The summed E-state index contributed by atoms with van der Waals surface area (Å²) in [5.74, 6) is -0.204. The van der Waals surface area contributed by atoms with Crippen LogP contribution in [-0.2, 0) is 13.6 Å². The van der Waals surface area contributed by atoms with Gasteiger partial charge in [0.1, 0.15) is 5.78 Å². The zero-order valence-electron chi connectivity index (χ0n) is 10.1. The van der Waals surface area contributed by atoms with Crippen molar-refractivity contribution in [1.82, 2.24) is 5.32 Å². The Morgan fingerprint density at radius 3 is 2.29 bits per heavy atom. The Morgan fingerprint density at radius 1 is 1.18 bits per heavy atom. The molecule has 4 nitrogen and oxygen atoms in total. The molecule has 0 radical (unpaired) electrons. The highest BCUT2D eigenvalue weighted by atomic mass is 31.2. The van der Waals surface area contributed by atoms with Crippen LogP contribution >= 0.6 is 7.60 Å². The van der Waals surface area contributed by atoms with E-state index >= 15 is 0 Å². The summed E-state index contributed by atoms with van der Waals surface area (Å²) in [4.78, 5) is 0. The van der Waals surface area contributed by atoms with Crippen molar-refractivity contribution in [3.63, 3.8) is 0 Å². The molecule has 1 aromatic carbocycles. The zero-order valence-corrected chi connectivity index (χ0v) is 11.0. The van der Waals surface area contributed by atoms with Gasteiger partial charge in [-0.15, -0.1) is 0 Å². The maximum Gasteiger partial charge on any atom is 0.349 e. The smallest absolute Gasteiger partial charge is 0.308 e. The van der Waals surface area contributed by atoms with Gasteiger partial charge in [-0.2, -0.15) is 0 Å². The van der Waals surface area contributed by atoms with Gasteiger partial charge in [-0.1, -0.05) is 30.3 Å². The lowest BCUT2D eigenvalue weighted by Gasteiger charge is -2.15. The van der Waals surface area contributed by atoms with Gasteiger partial charge in [-0.05, 0) is 19.4 Å². The predicted molar refractivity (Wildman–Crippen MR) is 67.0 cm³/mol. The number of hydrogen-bond donors (Lipinski definition) is 1. The molecule has 5 heteroatoms. The minimum Gasteiger partial charge on any atom is -0.308 e. The fourth-order valence-electron chi connectivity index (χ4n) is 1.90. The first-order chi connectivity index (χ1) is 8.21. The minimum atomic E-state index is -3.01. The Balaban J connectivity index is 2.08. The third-order valence-corrected chi connectivity index (χ3v) is 5.04. The van der Waals surface area contributed by atoms with Crippen LogP contribution in [0.5, 0.6) is 0 Å². The SMILES string of the molecule is CCOP(=O)(OCC)[C@@H]1N[C@H]1c1ccccc1. The summed E-state index contributed by atoms with van der Waals surface area (Å²) in [6.07, 6.45) is 0. The van der Waals surface area contributed by atoms with Crippen molar-refractivity contribution < 1.29 is 13.6 Å². The van der Waals surface area contributed by atoms with Crippen LogP contribution in [0.3, 0.4) is 0 Å². The molecule has 1 aliphatic rings. The molecule has 1 aliphatic heterocycles. The van der Waals surface area contributed by atoms with E-state index in [1.807, 2.05) is 44.2 Å². The van der Waals surface area contributed by atoms with Crippen molar-refractivity contribution in [1.29, 1.82) is 0 Å². The van der Waals surface area contributed by atoms with Crippen LogP contribution in [0.4, 0.5) is 0 Å². The van der Waals surface area contributed by atoms with Gasteiger partial charge in [0, 0.05) is 0 Å². The molecule has 1 saturated heterocycles. The molecule has 1 N–H and O–H groups in total. The summed E-state index contributed by atoms with van der Waals surface area (Å²) >= 11 is 0. The third-order valence-electron chi connectivity index (χ3n) is 2.67. The zero-order chi connectivity index (χ0) is 12.3. The van der Waals surface area contributed by atoms with Crippen LogP contribution < -0.4 is 5.32 Å². The van der Waals surface area contributed by atoms with Crippen molar-refractivity contribution in [2.75, 3.05) is 13.2 Å². The van der Waals surface area contributed by atoms with Crippen LogP contribution in [0.25, 0.3) is 0 Å². The Morgan fingerprint density at radius 2 is 1.76 bits per heavy atom. The topological polar surface area (TPSA) is 57.5 Å². The van der Waals surface area contributed by atoms with Crippen molar-refractivity contribution >= 4 is 7.60 Å². The van der Waals surface area contributed by atoms with Crippen molar-refractivity contribution in [3.8, 4) is 0 Å². The second-order valence-electron chi connectivity index (χ2n) is 3.88. The maximum atomic E-state index is 12.5. The lowest BCUT2D eigenvalue weighted by Crippen LogP contribution is -2.03. The summed E-state index contributed by atoms with van der Waals surface area (Å²) in [6.45, 7) is 4.45. The number of nitrogens with one attached hydrogen (secondary N) is 1. The van der Waals surface area contributed by atoms with Crippen LogP contribution in [0.1, 0.15) is 25.5 Å². The summed E-state index contributed by atoms with van der Waals surface area (Å²) in [5, 5.41) is 3.18. The standard InChI is InChI=1S/C12H18NO3P/c1-3-15-17(14,16-4-2)12-11(13-12)10-8-6-5-7-9-10/h5-9,11-13H,3-4H2,1-2H3/t11-,12-/m0/s1. The van der Waals surface area contributed by atoms with Gasteiger partial charge in [-0.3, -0.25) is 9.88 Å². The highest BCUT2D eigenvalue weighted by Crippen LogP contribution is 2.61. The number of rotatable bonds is 6. The lowest BCUT2D eigenvalue weighted by molar-refractivity contribution is 0.218. The van der Waals surface area contributed by atoms with Gasteiger partial charge in [0.25, 0.3) is 0 Å². The van der Waals surface area contributed by atoms with Gasteiger partial charge >= 0.3 is 7.60 Å². The summed E-state index contributed by atoms with van der Waals surface area (Å²) < 4.78 is 23.1. The second kappa shape index (κ2) is 5.32. The lowest BCUT2D eigenvalue weighted by atomic mass is 10.2. The molecule has 0 bridgehead atoms. The Kier molecular flexibility index (Phi) is 4.00. The van der Waals surface area contributed by atoms with E-state index in [1.165, 1.54) is 0 Å². The largest absolute Gasteiger partial charge is 0.349 e. The molecule has 94 valence electrons. The molecule has 0 spiro atoms. The summed E-state index contributed by atoms with van der Waals surface area (Å²) in [7, 11) is -3.01. The molecule has 17 heavy (non-hydrogen) atoms. The van der Waals surface area contributed by atoms with Crippen LogP contribution in [0.2, 0.25) is 0 Å². The van der Waals surface area contributed by atoms with E-state index in [0.29, 0.717) is 13.2 Å². The average Bonchev–Trinajstić information content (AvgIpc) is 3.11. The molecular formula is C12H18NO3P. The van der Waals surface area contributed by atoms with E-state index in [4.69, 9.17) is 9.05 Å². The molecule has 1 heterocycles. The quantitative estimate of drug-likeness (QED) is 0.627. The maximum absolute atomic E-state index is 12.5. The fourth-order valence-corrected chi connectivity index (χ4v) is 3.89. The molecule has 0 saturated carbocycles. The van der Waals surface area contributed by atoms with Crippen molar-refractivity contribution in [3.05, 3.63) is 35.9 Å². The van der Waals surface area contributed by atoms with Gasteiger partial charge in [0.15, 0.2) is 0 Å². The highest BCUT2D eigenvalue weighted by Gasteiger charge is 2.53. The molecule has 0 unspecified atom stereocenters. The van der Waals surface area contributed by atoms with E-state index < -0.39 is 7.60 Å². The fraction of sp³-hybridized carbons (Fsp3) is 0.500. The van der Waals surface area contributed by atoms with E-state index in [2.05, 4.69) is 5.32 Å². The predicted octanol–water partition coefficient (Wildman–Crippen LogP) is 2.92. The van der Waals surface area contributed by atoms with Crippen LogP contribution in [-0.4, -0.2) is 19.0 Å². The van der Waals surface area contributed by atoms with Gasteiger partial charge in [0.05, 0.1) is 19.3 Å². The first-order valence-corrected chi connectivity index (χ1v) is 7.52. The molecule has 1 aromatic rings. The number of benzene rings is 1. The first-order valence-electron chi connectivity index (χ1n) is 5.91. The molecule has 2 rings (SSSR count). The van der Waals surface area contributed by atoms with E-state index in [9.17, 15) is 4.57 Å². The van der Waals surface area contributed by atoms with Crippen LogP contribution in [0, 0.1) is 0 Å². The third kappa shape index (κ3) is 2.78. The van der Waals surface area contributed by atoms with Gasteiger partial charge in [0.2, 0.25) is 0 Å². The normalized spacial score (nSPS) is 23.6. The Labute approximate surface area is 102 Å². The second-order valence-corrected chi connectivity index (χ2v) is 6.03. The minimum absolute atomic E-state index is 0.0835. The molecule has 1 fully saturated rings. The highest BCUT2D eigenvalue weighted by molar-refractivity contribution is 7.55. The van der Waals surface area contributed by atoms with Crippen molar-refractivity contribution in [2.24, 2.45) is 0 Å². The average molecular weight is 255 g/mol. The van der Waals surface area contributed by atoms with E-state index in [-0.39, 0.29) is 11.8 Å². The van der Waals surface area contributed by atoms with E-state index in [0.717, 1.165) is 5.56 Å². The first kappa shape index (κ1) is 12.8. The Hall–Kier alpha value is -0.670. The molecular weight excluding hydrogens is 237 g/mol. The molecule has 0 amide bonds. The van der Waals surface area contributed by atoms with Crippen LogP contribution in [0.15, 0.2) is 30.3 Å². The Bertz CT molecular complexity index is 399.